The summed E-state index contributed by atoms with van der Waals surface area (Å²) in [5.74, 6) is 1.36. The van der Waals surface area contributed by atoms with Gasteiger partial charge in [-0.05, 0) is 36.4 Å². The number of para-hydroxylation sites is 2. The van der Waals surface area contributed by atoms with Crippen LogP contribution in [0.15, 0.2) is 59.2 Å². The van der Waals surface area contributed by atoms with Crippen molar-refractivity contribution in [1.29, 1.82) is 5.26 Å². The maximum atomic E-state index is 13.2. The Morgan fingerprint density at radius 3 is 2.89 bits per heavy atom. The van der Waals surface area contributed by atoms with Crippen molar-refractivity contribution in [2.45, 2.75) is 12.5 Å². The van der Waals surface area contributed by atoms with Crippen LogP contribution in [0.1, 0.15) is 15.4 Å². The summed E-state index contributed by atoms with van der Waals surface area (Å²) in [6.45, 7) is 0. The van der Waals surface area contributed by atoms with Gasteiger partial charge in [-0.2, -0.15) is 9.83 Å². The molecule has 0 saturated heterocycles. The van der Waals surface area contributed by atoms with E-state index in [0.29, 0.717) is 22.8 Å². The number of anilines is 1. The van der Waals surface area contributed by atoms with E-state index in [1.54, 1.807) is 16.9 Å². The molecule has 0 saturated carbocycles. The van der Waals surface area contributed by atoms with Crippen molar-refractivity contribution in [3.8, 4) is 16.6 Å². The number of nitrogens with one attached hydrogen (secondary N) is 1. The molecular formula is C20H13N4O2S+. The van der Waals surface area contributed by atoms with Gasteiger partial charge in [-0.25, -0.2) is 9.78 Å². The van der Waals surface area contributed by atoms with E-state index < -0.39 is 6.04 Å². The molecule has 1 aliphatic rings. The quantitative estimate of drug-likeness (QED) is 0.557. The van der Waals surface area contributed by atoms with Gasteiger partial charge in [0.05, 0.1) is 17.6 Å². The number of aromatic nitrogens is 2. The highest BCUT2D eigenvalue weighted by atomic mass is 32.1. The van der Waals surface area contributed by atoms with Crippen LogP contribution in [-0.2, 0) is 6.42 Å². The molecule has 0 amide bonds. The molecule has 0 bridgehead atoms. The van der Waals surface area contributed by atoms with Crippen LogP contribution >= 0.6 is 11.3 Å². The lowest BCUT2D eigenvalue weighted by molar-refractivity contribution is -0.523. The summed E-state index contributed by atoms with van der Waals surface area (Å²) in [5.41, 5.74) is 2.17. The number of nitrogens with zero attached hydrogens (tertiary/aromatic N) is 3. The lowest BCUT2D eigenvalue weighted by Crippen LogP contribution is -2.44. The first kappa shape index (κ1) is 15.7. The highest BCUT2D eigenvalue weighted by molar-refractivity contribution is 7.16. The number of nitriles is 1. The Hall–Kier alpha value is -3.50. The van der Waals surface area contributed by atoms with E-state index in [1.807, 2.05) is 42.5 Å². The Morgan fingerprint density at radius 1 is 1.22 bits per heavy atom. The summed E-state index contributed by atoms with van der Waals surface area (Å²) in [5, 5.41) is 12.5. The maximum absolute atomic E-state index is 13.2. The third kappa shape index (κ3) is 2.50. The predicted molar refractivity (Wildman–Crippen MR) is 100 cm³/mol. The monoisotopic (exact) mass is 373 g/mol. The minimum atomic E-state index is -0.432. The summed E-state index contributed by atoms with van der Waals surface area (Å²) < 4.78 is 7.10. The SMILES string of the molecule is N#Cc1ccc(-c2nc3ccccc3[n+]3c2NC(Cc2ccco2)C3=O)s1. The molecule has 3 aromatic heterocycles. The first-order chi connectivity index (χ1) is 13.2. The zero-order chi connectivity index (χ0) is 18.4. The number of thiophene rings is 1. The van der Waals surface area contributed by atoms with Crippen LogP contribution in [0.5, 0.6) is 0 Å². The molecule has 4 heterocycles. The Bertz CT molecular complexity index is 1220. The third-order valence-electron chi connectivity index (χ3n) is 4.57. The number of hydrogen-bond donors (Lipinski definition) is 1. The van der Waals surface area contributed by atoms with E-state index in [1.165, 1.54) is 11.3 Å². The number of fused-ring (bicyclic) bond motifs is 3. The number of furan rings is 1. The van der Waals surface area contributed by atoms with Crippen molar-refractivity contribution in [2.24, 2.45) is 0 Å². The van der Waals surface area contributed by atoms with E-state index in [9.17, 15) is 4.79 Å². The Labute approximate surface area is 158 Å². The predicted octanol–water partition coefficient (Wildman–Crippen LogP) is 3.39. The highest BCUT2D eigenvalue weighted by Crippen LogP contribution is 2.34. The molecule has 6 nitrogen and oxygen atoms in total. The van der Waals surface area contributed by atoms with Gasteiger partial charge in [0, 0.05) is 0 Å². The van der Waals surface area contributed by atoms with Crippen LogP contribution in [0.2, 0.25) is 0 Å². The Balaban J connectivity index is 1.69. The number of carbonyl (C=O) groups excluding carboxylic acids is 1. The summed E-state index contributed by atoms with van der Waals surface area (Å²) in [6, 6.07) is 16.6. The molecule has 4 aromatic rings. The molecular weight excluding hydrogens is 360 g/mol. The first-order valence-corrected chi connectivity index (χ1v) is 9.24. The van der Waals surface area contributed by atoms with E-state index >= 15 is 0 Å². The largest absolute Gasteiger partial charge is 0.469 e. The lowest BCUT2D eigenvalue weighted by Gasteiger charge is -2.04. The van der Waals surface area contributed by atoms with Crippen molar-refractivity contribution in [3.63, 3.8) is 0 Å². The van der Waals surface area contributed by atoms with Crippen LogP contribution < -0.4 is 9.88 Å². The molecule has 1 N–H and O–H groups in total. The second-order valence-corrected chi connectivity index (χ2v) is 7.31. The van der Waals surface area contributed by atoms with Crippen molar-refractivity contribution >= 4 is 34.1 Å². The van der Waals surface area contributed by atoms with E-state index in [4.69, 9.17) is 14.7 Å². The van der Waals surface area contributed by atoms with Crippen LogP contribution in [0.25, 0.3) is 21.6 Å². The standard InChI is InChI=1S/C20H12N4O2S/c21-11-13-7-8-17(27-13)18-19-23-15(10-12-4-3-9-26-12)20(25)24(19)16-6-2-1-5-14(16)22-18/h1-9,15H,10H2/p+1. The van der Waals surface area contributed by atoms with Gasteiger partial charge >= 0.3 is 11.7 Å². The fourth-order valence-corrected chi connectivity index (χ4v) is 4.15. The number of benzene rings is 1. The van der Waals surface area contributed by atoms with Crippen LogP contribution in [0.3, 0.4) is 0 Å². The molecule has 0 aliphatic carbocycles. The molecule has 0 spiro atoms. The molecule has 0 radical (unpaired) electrons. The van der Waals surface area contributed by atoms with Crippen molar-refractivity contribution < 1.29 is 13.8 Å². The molecule has 27 heavy (non-hydrogen) atoms. The molecule has 1 atom stereocenters. The summed E-state index contributed by atoms with van der Waals surface area (Å²) in [6.07, 6.45) is 2.06. The topological polar surface area (TPSA) is 82.8 Å². The van der Waals surface area contributed by atoms with Gasteiger partial charge in [0.1, 0.15) is 22.2 Å². The van der Waals surface area contributed by atoms with Crippen LogP contribution in [0, 0.1) is 11.3 Å². The zero-order valence-corrected chi connectivity index (χ0v) is 14.9. The smallest absolute Gasteiger partial charge is 0.360 e. The second-order valence-electron chi connectivity index (χ2n) is 6.23. The van der Waals surface area contributed by atoms with Gasteiger partial charge in [0.15, 0.2) is 11.2 Å². The van der Waals surface area contributed by atoms with Crippen LogP contribution in [-0.4, -0.2) is 16.9 Å². The number of hydrogen-bond acceptors (Lipinski definition) is 6. The number of rotatable bonds is 3. The van der Waals surface area contributed by atoms with Crippen molar-refractivity contribution in [3.05, 3.63) is 65.4 Å². The van der Waals surface area contributed by atoms with Gasteiger partial charge in [0.25, 0.3) is 0 Å². The maximum Gasteiger partial charge on any atom is 0.360 e. The molecule has 1 aromatic carbocycles. The lowest BCUT2D eigenvalue weighted by atomic mass is 10.1. The summed E-state index contributed by atoms with van der Waals surface area (Å²) in [4.78, 5) is 19.4. The second kappa shape index (κ2) is 6.04. The fourth-order valence-electron chi connectivity index (χ4n) is 3.36. The van der Waals surface area contributed by atoms with Crippen LogP contribution in [0.4, 0.5) is 5.82 Å². The Morgan fingerprint density at radius 2 is 2.11 bits per heavy atom. The average Bonchev–Trinajstić information content (AvgIpc) is 3.43. The van der Waals surface area contributed by atoms with Gasteiger partial charge in [-0.1, -0.05) is 12.1 Å². The van der Waals surface area contributed by atoms with Gasteiger partial charge in [0.2, 0.25) is 6.04 Å². The Kier molecular flexibility index (Phi) is 3.52. The van der Waals surface area contributed by atoms with Crippen molar-refractivity contribution in [1.82, 2.24) is 4.98 Å². The normalized spacial score (nSPS) is 15.5. The zero-order valence-electron chi connectivity index (χ0n) is 14.0. The van der Waals surface area contributed by atoms with E-state index in [0.717, 1.165) is 21.7 Å². The fraction of sp³-hybridized carbons (Fsp3) is 0.100. The minimum absolute atomic E-state index is 0.0432. The molecule has 130 valence electrons. The molecule has 5 rings (SSSR count). The van der Waals surface area contributed by atoms with Gasteiger partial charge in [-0.15, -0.1) is 11.3 Å². The van der Waals surface area contributed by atoms with Crippen molar-refractivity contribution in [2.75, 3.05) is 5.32 Å². The van der Waals surface area contributed by atoms with Gasteiger partial charge in [-0.3, -0.25) is 5.32 Å². The summed E-state index contributed by atoms with van der Waals surface area (Å²) >= 11 is 1.36. The summed E-state index contributed by atoms with van der Waals surface area (Å²) in [7, 11) is 0. The van der Waals surface area contributed by atoms with E-state index in [2.05, 4.69) is 11.4 Å². The molecule has 1 unspecified atom stereocenters. The molecule has 1 aliphatic heterocycles. The van der Waals surface area contributed by atoms with E-state index in [-0.39, 0.29) is 5.91 Å². The minimum Gasteiger partial charge on any atom is -0.469 e. The third-order valence-corrected chi connectivity index (χ3v) is 5.56. The number of carbonyl (C=O) groups is 1. The molecule has 0 fully saturated rings. The first-order valence-electron chi connectivity index (χ1n) is 8.43. The molecule has 7 heteroatoms. The highest BCUT2D eigenvalue weighted by Gasteiger charge is 2.43. The average molecular weight is 373 g/mol. The van der Waals surface area contributed by atoms with Gasteiger partial charge < -0.3 is 4.42 Å².